The summed E-state index contributed by atoms with van der Waals surface area (Å²) < 4.78 is 0. The van der Waals surface area contributed by atoms with Crippen LogP contribution in [0.2, 0.25) is 0 Å². The van der Waals surface area contributed by atoms with Crippen molar-refractivity contribution in [3.8, 4) is 0 Å². The summed E-state index contributed by atoms with van der Waals surface area (Å²) in [5, 5.41) is 40.9. The van der Waals surface area contributed by atoms with E-state index >= 15 is 0 Å². The Balaban J connectivity index is -0.0000000450. The first-order chi connectivity index (χ1) is 5.20. The third-order valence-electron chi connectivity index (χ3n) is 0. The smallest absolute Gasteiger partial charge is 0.291 e. The average molecular weight is 356 g/mol. The molecule has 84 valence electrons. The molecule has 0 aromatic carbocycles. The predicted octanol–water partition coefficient (Wildman–Crippen LogP) is -1.04. The van der Waals surface area contributed by atoms with Crippen LogP contribution in [-0.4, -0.2) is 30.9 Å². The van der Waals surface area contributed by atoms with Gasteiger partial charge in [-0.05, 0) is 0 Å². The molecular weight excluding hydrogens is 353 g/mol. The van der Waals surface area contributed by atoms with Crippen molar-refractivity contribution in [1.29, 1.82) is 0 Å². The second kappa shape index (κ2) is 17.1. The van der Waals surface area contributed by atoms with Crippen LogP contribution in [-0.2, 0) is 0 Å². The fourth-order valence-corrected chi connectivity index (χ4v) is 0. The number of nitrogens with zero attached hydrogens (tertiary/aromatic N) is 3. The van der Waals surface area contributed by atoms with Gasteiger partial charge in [-0.2, -0.15) is 0 Å². The average Bonchev–Trinajstić information content (AvgIpc) is 1.54. The van der Waals surface area contributed by atoms with Crippen LogP contribution in [0.1, 0.15) is 0 Å². The van der Waals surface area contributed by atoms with Crippen molar-refractivity contribution in [3.05, 3.63) is 30.3 Å². The summed E-state index contributed by atoms with van der Waals surface area (Å²) in [5.74, 6) is 0. The van der Waals surface area contributed by atoms with Crippen LogP contribution in [0.3, 0.4) is 0 Å². The van der Waals surface area contributed by atoms with E-state index < -0.39 is 15.3 Å². The van der Waals surface area contributed by atoms with Crippen LogP contribution in [0.5, 0.6) is 0 Å². The molecule has 0 atom stereocenters. The Kier molecular flexibility index (Phi) is 29.7. The molecule has 0 aromatic rings. The Bertz CT molecular complexity index is 112. The van der Waals surface area contributed by atoms with Gasteiger partial charge in [0.05, 0.1) is 0 Å². The van der Waals surface area contributed by atoms with Gasteiger partial charge in [-0.15, -0.1) is 30.3 Å². The van der Waals surface area contributed by atoms with Crippen LogP contribution in [0.15, 0.2) is 0 Å². The van der Waals surface area contributed by atoms with Gasteiger partial charge in [-0.25, -0.2) is 0 Å². The zero-order valence-electron chi connectivity index (χ0n) is 5.42. The number of rotatable bonds is 0. The maximum absolute atomic E-state index is 8.36. The van der Waals surface area contributed by atoms with Crippen LogP contribution in [0, 0.1) is 67.6 Å². The molecule has 0 fully saturated rings. The molecule has 0 amide bonds. The van der Waals surface area contributed by atoms with Crippen molar-refractivity contribution in [2.24, 2.45) is 0 Å². The molecule has 0 radical (unpaired) electrons. The van der Waals surface area contributed by atoms with Crippen LogP contribution in [0.25, 0.3) is 0 Å². The molecule has 12 nitrogen and oxygen atoms in total. The van der Waals surface area contributed by atoms with Crippen molar-refractivity contribution >= 4 is 0 Å². The summed E-state index contributed by atoms with van der Waals surface area (Å²) in [6.07, 6.45) is 0. The molecule has 0 bridgehead atoms. The van der Waals surface area contributed by atoms with Gasteiger partial charge >= 0.3 is 0 Å². The van der Waals surface area contributed by atoms with Crippen LogP contribution < -0.4 is 0 Å². The van der Waals surface area contributed by atoms with Gasteiger partial charge in [0.25, 0.3) is 15.3 Å². The summed E-state index contributed by atoms with van der Waals surface area (Å²) in [5.41, 5.74) is 0. The topological polar surface area (TPSA) is 190 Å². The molecule has 0 heterocycles. The van der Waals surface area contributed by atoms with Gasteiger partial charge in [-0.3, -0.25) is 0 Å². The van der Waals surface area contributed by atoms with Crippen LogP contribution in [0.4, 0.5) is 0 Å². The molecule has 0 aliphatic rings. The largest absolute Gasteiger partial charge is 0.328 e. The molecular formula is H3ErN3O9. The van der Waals surface area contributed by atoms with E-state index in [0.717, 1.165) is 0 Å². The first-order valence-corrected chi connectivity index (χ1v) is 1.70. The van der Waals surface area contributed by atoms with Gasteiger partial charge in [0.2, 0.25) is 0 Å². The fraction of sp³-hybridized carbons (Fsp3) is 0. The third-order valence-corrected chi connectivity index (χ3v) is 0. The van der Waals surface area contributed by atoms with Crippen LogP contribution >= 0.6 is 0 Å². The summed E-state index contributed by atoms with van der Waals surface area (Å²) >= 11 is 0. The SMILES string of the molecule is O=[N+]([O-])O.O=[N+]([O-])O.O=[N+]([O-])O.[Er]. The quantitative estimate of drug-likeness (QED) is 0.359. The molecule has 0 spiro atoms. The normalized spacial score (nSPS) is 5.54. The van der Waals surface area contributed by atoms with E-state index in [1.54, 1.807) is 0 Å². The minimum absolute atomic E-state index is 0. The van der Waals surface area contributed by atoms with Crippen molar-refractivity contribution in [3.63, 3.8) is 0 Å². The summed E-state index contributed by atoms with van der Waals surface area (Å²) in [7, 11) is 0. The van der Waals surface area contributed by atoms with E-state index in [9.17, 15) is 0 Å². The van der Waals surface area contributed by atoms with Crippen molar-refractivity contribution in [1.82, 2.24) is 0 Å². The molecule has 13 heavy (non-hydrogen) atoms. The second-order valence-corrected chi connectivity index (χ2v) is 0.714. The maximum Gasteiger partial charge on any atom is 0.291 e. The zero-order valence-corrected chi connectivity index (χ0v) is 7.27. The fourth-order valence-electron chi connectivity index (χ4n) is 0. The molecule has 0 saturated carbocycles. The molecule has 0 aliphatic heterocycles. The molecule has 3 N–H and O–H groups in total. The first-order valence-electron chi connectivity index (χ1n) is 1.70. The molecule has 0 saturated heterocycles. The Morgan fingerprint density at radius 2 is 0.692 bits per heavy atom. The van der Waals surface area contributed by atoms with E-state index in [1.807, 2.05) is 0 Å². The molecule has 0 unspecified atom stereocenters. The summed E-state index contributed by atoms with van der Waals surface area (Å²) in [4.78, 5) is 25.1. The molecule has 0 rings (SSSR count). The predicted molar refractivity (Wildman–Crippen MR) is 26.3 cm³/mol. The molecule has 0 aromatic heterocycles. The van der Waals surface area contributed by atoms with Gasteiger partial charge in [-0.1, -0.05) is 0 Å². The molecule has 13 heteroatoms. The van der Waals surface area contributed by atoms with E-state index in [2.05, 4.69) is 0 Å². The van der Waals surface area contributed by atoms with E-state index in [4.69, 9.17) is 46.0 Å². The third kappa shape index (κ3) is 638. The Labute approximate surface area is 98.3 Å². The van der Waals surface area contributed by atoms with Crippen molar-refractivity contribution in [2.75, 3.05) is 0 Å². The van der Waals surface area contributed by atoms with Gasteiger partial charge in [0, 0.05) is 37.3 Å². The number of hydrogen-bond donors (Lipinski definition) is 3. The van der Waals surface area contributed by atoms with Gasteiger partial charge in [0.1, 0.15) is 0 Å². The van der Waals surface area contributed by atoms with E-state index in [0.29, 0.717) is 0 Å². The minimum atomic E-state index is -1.50. The van der Waals surface area contributed by atoms with Gasteiger partial charge in [0.15, 0.2) is 0 Å². The summed E-state index contributed by atoms with van der Waals surface area (Å²) in [6.45, 7) is 0. The van der Waals surface area contributed by atoms with Crippen molar-refractivity contribution < 1.29 is 68.2 Å². The Morgan fingerprint density at radius 3 is 0.692 bits per heavy atom. The minimum Gasteiger partial charge on any atom is -0.328 e. The second-order valence-electron chi connectivity index (χ2n) is 0.714. The maximum atomic E-state index is 8.36. The zero-order chi connectivity index (χ0) is 10.7. The monoisotopic (exact) mass is 355 g/mol. The Morgan fingerprint density at radius 1 is 0.692 bits per heavy atom. The first kappa shape index (κ1) is 22.6. The summed E-state index contributed by atoms with van der Waals surface area (Å²) in [6, 6.07) is 0. The number of hydrogen-bond acceptors (Lipinski definition) is 6. The molecule has 0 aliphatic carbocycles. The van der Waals surface area contributed by atoms with E-state index in [-0.39, 0.29) is 37.3 Å². The van der Waals surface area contributed by atoms with E-state index in [1.165, 1.54) is 0 Å². The standard InChI is InChI=1S/Er.3HNO3/c;3*2-1(3)4/h;3*(H,2,3,4). The Hall–Kier alpha value is -1.15. The van der Waals surface area contributed by atoms with Crippen molar-refractivity contribution in [2.45, 2.75) is 0 Å². The van der Waals surface area contributed by atoms with Gasteiger partial charge < -0.3 is 15.6 Å².